The van der Waals surface area contributed by atoms with Crippen molar-refractivity contribution in [3.8, 4) is 11.5 Å². The molecule has 0 aromatic heterocycles. The number of ether oxygens (including phenoxy) is 3. The molecule has 2 aromatic rings. The van der Waals surface area contributed by atoms with Gasteiger partial charge in [0.05, 0.1) is 20.0 Å². The van der Waals surface area contributed by atoms with Crippen molar-refractivity contribution in [3.05, 3.63) is 48.3 Å². The zero-order valence-electron chi connectivity index (χ0n) is 14.3. The Hall–Kier alpha value is -2.74. The number of rotatable bonds is 8. The number of anilines is 1. The average molecular weight is 379 g/mol. The van der Waals surface area contributed by atoms with Crippen molar-refractivity contribution < 1.29 is 28.2 Å². The van der Waals surface area contributed by atoms with Gasteiger partial charge in [-0.05, 0) is 24.3 Å². The van der Waals surface area contributed by atoms with Crippen molar-refractivity contribution >= 4 is 29.3 Å². The van der Waals surface area contributed by atoms with Crippen LogP contribution < -0.4 is 14.8 Å². The summed E-state index contributed by atoms with van der Waals surface area (Å²) in [4.78, 5) is 23.9. The van der Waals surface area contributed by atoms with Gasteiger partial charge in [0, 0.05) is 16.6 Å². The predicted molar refractivity (Wildman–Crippen MR) is 96.3 cm³/mol. The van der Waals surface area contributed by atoms with Gasteiger partial charge in [-0.15, -0.1) is 11.8 Å². The van der Waals surface area contributed by atoms with Gasteiger partial charge in [-0.25, -0.2) is 4.39 Å². The van der Waals surface area contributed by atoms with Crippen molar-refractivity contribution in [1.29, 1.82) is 0 Å². The number of thioether (sulfide) groups is 1. The van der Waals surface area contributed by atoms with Gasteiger partial charge in [0.15, 0.2) is 18.1 Å². The van der Waals surface area contributed by atoms with Crippen LogP contribution in [0, 0.1) is 5.82 Å². The highest BCUT2D eigenvalue weighted by molar-refractivity contribution is 8.00. The molecule has 0 atom stereocenters. The summed E-state index contributed by atoms with van der Waals surface area (Å²) in [5.41, 5.74) is 0.476. The normalized spacial score (nSPS) is 10.1. The smallest absolute Gasteiger partial charge is 0.316 e. The maximum atomic E-state index is 13.5. The molecule has 138 valence electrons. The summed E-state index contributed by atoms with van der Waals surface area (Å²) >= 11 is 1.01. The number of hydrogen-bond acceptors (Lipinski definition) is 6. The minimum absolute atomic E-state index is 0.0927. The summed E-state index contributed by atoms with van der Waals surface area (Å²) in [5, 5.41) is 2.59. The highest BCUT2D eigenvalue weighted by Crippen LogP contribution is 2.29. The lowest BCUT2D eigenvalue weighted by Gasteiger charge is -2.10. The van der Waals surface area contributed by atoms with E-state index in [2.05, 4.69) is 5.32 Å². The second-order valence-electron chi connectivity index (χ2n) is 5.00. The third kappa shape index (κ3) is 5.66. The molecule has 0 heterocycles. The SMILES string of the molecule is COc1ccc(NC(=O)COC(=O)CSc2ccccc2F)cc1OC. The Kier molecular flexibility index (Phi) is 7.28. The number of carbonyl (C=O) groups excluding carboxylic acids is 2. The molecule has 0 spiro atoms. The molecule has 2 aromatic carbocycles. The van der Waals surface area contributed by atoms with E-state index in [0.29, 0.717) is 22.1 Å². The van der Waals surface area contributed by atoms with Crippen LogP contribution in [0.15, 0.2) is 47.4 Å². The summed E-state index contributed by atoms with van der Waals surface area (Å²) in [5.74, 6) is -0.616. The third-order valence-electron chi connectivity index (χ3n) is 3.21. The first-order valence-corrected chi connectivity index (χ1v) is 8.57. The Balaban J connectivity index is 1.79. The molecule has 0 radical (unpaired) electrons. The van der Waals surface area contributed by atoms with E-state index in [1.807, 2.05) is 0 Å². The van der Waals surface area contributed by atoms with Crippen molar-refractivity contribution in [3.63, 3.8) is 0 Å². The number of halogens is 1. The Bertz CT molecular complexity index is 784. The van der Waals surface area contributed by atoms with Crippen LogP contribution >= 0.6 is 11.8 Å². The van der Waals surface area contributed by atoms with Crippen LogP contribution in [0.3, 0.4) is 0 Å². The summed E-state index contributed by atoms with van der Waals surface area (Å²) < 4.78 is 28.6. The fraction of sp³-hybridized carbons (Fsp3) is 0.222. The van der Waals surface area contributed by atoms with E-state index < -0.39 is 24.3 Å². The number of nitrogens with one attached hydrogen (secondary N) is 1. The molecule has 0 saturated heterocycles. The number of benzene rings is 2. The molecule has 0 aliphatic heterocycles. The molecular formula is C18H18FNO5S. The standard InChI is InChI=1S/C18H18FNO5S/c1-23-14-8-7-12(9-15(14)24-2)20-17(21)10-25-18(22)11-26-16-6-4-3-5-13(16)19/h3-9H,10-11H2,1-2H3,(H,20,21). The number of amides is 1. The molecule has 0 aliphatic carbocycles. The highest BCUT2D eigenvalue weighted by atomic mass is 32.2. The second-order valence-corrected chi connectivity index (χ2v) is 6.01. The van der Waals surface area contributed by atoms with Gasteiger partial charge in [-0.2, -0.15) is 0 Å². The summed E-state index contributed by atoms with van der Waals surface area (Å²) in [6.07, 6.45) is 0. The Morgan fingerprint density at radius 3 is 2.50 bits per heavy atom. The summed E-state index contributed by atoms with van der Waals surface area (Å²) in [7, 11) is 2.99. The zero-order valence-corrected chi connectivity index (χ0v) is 15.1. The van der Waals surface area contributed by atoms with Gasteiger partial charge in [-0.3, -0.25) is 9.59 Å². The quantitative estimate of drug-likeness (QED) is 0.561. The van der Waals surface area contributed by atoms with E-state index in [0.717, 1.165) is 11.8 Å². The van der Waals surface area contributed by atoms with Gasteiger partial charge in [0.2, 0.25) is 0 Å². The molecular weight excluding hydrogens is 361 g/mol. The minimum Gasteiger partial charge on any atom is -0.493 e. The molecule has 0 aliphatic rings. The fourth-order valence-corrected chi connectivity index (χ4v) is 2.73. The summed E-state index contributed by atoms with van der Waals surface area (Å²) in [6.45, 7) is -0.439. The molecule has 8 heteroatoms. The minimum atomic E-state index is -0.610. The van der Waals surface area contributed by atoms with Crippen molar-refractivity contribution in [2.24, 2.45) is 0 Å². The first-order chi connectivity index (χ1) is 12.5. The average Bonchev–Trinajstić information content (AvgIpc) is 2.65. The first-order valence-electron chi connectivity index (χ1n) is 7.58. The molecule has 0 fully saturated rings. The van der Waals surface area contributed by atoms with E-state index in [9.17, 15) is 14.0 Å². The third-order valence-corrected chi connectivity index (χ3v) is 4.24. The number of methoxy groups -OCH3 is 2. The number of hydrogen-bond donors (Lipinski definition) is 1. The lowest BCUT2D eigenvalue weighted by Crippen LogP contribution is -2.21. The summed E-state index contributed by atoms with van der Waals surface area (Å²) in [6, 6.07) is 11.0. The van der Waals surface area contributed by atoms with E-state index in [1.165, 1.54) is 20.3 Å². The van der Waals surface area contributed by atoms with Crippen LogP contribution in [0.25, 0.3) is 0 Å². The molecule has 2 rings (SSSR count). The van der Waals surface area contributed by atoms with Crippen LogP contribution in [0.5, 0.6) is 11.5 Å². The molecule has 0 unspecified atom stereocenters. The van der Waals surface area contributed by atoms with E-state index >= 15 is 0 Å². The van der Waals surface area contributed by atoms with Crippen molar-refractivity contribution in [1.82, 2.24) is 0 Å². The maximum Gasteiger partial charge on any atom is 0.316 e. The molecule has 0 saturated carbocycles. The van der Waals surface area contributed by atoms with E-state index in [4.69, 9.17) is 14.2 Å². The fourth-order valence-electron chi connectivity index (χ4n) is 2.00. The monoisotopic (exact) mass is 379 g/mol. The van der Waals surface area contributed by atoms with Gasteiger partial charge in [0.25, 0.3) is 5.91 Å². The van der Waals surface area contributed by atoms with Crippen LogP contribution in [0.1, 0.15) is 0 Å². The van der Waals surface area contributed by atoms with Crippen molar-refractivity contribution in [2.75, 3.05) is 31.9 Å². The zero-order chi connectivity index (χ0) is 18.9. The molecule has 1 N–H and O–H groups in total. The topological polar surface area (TPSA) is 73.9 Å². The van der Waals surface area contributed by atoms with Crippen molar-refractivity contribution in [2.45, 2.75) is 4.90 Å². The molecule has 6 nitrogen and oxygen atoms in total. The van der Waals surface area contributed by atoms with Gasteiger partial charge in [0.1, 0.15) is 5.82 Å². The number of esters is 1. The van der Waals surface area contributed by atoms with E-state index in [-0.39, 0.29) is 5.75 Å². The lowest BCUT2D eigenvalue weighted by molar-refractivity contribution is -0.144. The van der Waals surface area contributed by atoms with Crippen LogP contribution in [-0.4, -0.2) is 38.5 Å². The van der Waals surface area contributed by atoms with Gasteiger partial charge >= 0.3 is 5.97 Å². The number of carbonyl (C=O) groups is 2. The highest BCUT2D eigenvalue weighted by Gasteiger charge is 2.11. The maximum absolute atomic E-state index is 13.5. The molecule has 0 bridgehead atoms. The second kappa shape index (κ2) is 9.67. The van der Waals surface area contributed by atoms with Gasteiger partial charge in [-0.1, -0.05) is 12.1 Å². The Morgan fingerprint density at radius 2 is 1.81 bits per heavy atom. The largest absolute Gasteiger partial charge is 0.493 e. The Morgan fingerprint density at radius 1 is 1.08 bits per heavy atom. The first kappa shape index (κ1) is 19.6. The van der Waals surface area contributed by atoms with Gasteiger partial charge < -0.3 is 19.5 Å². The predicted octanol–water partition coefficient (Wildman–Crippen LogP) is 3.12. The lowest BCUT2D eigenvalue weighted by atomic mass is 10.2. The molecule has 26 heavy (non-hydrogen) atoms. The molecule has 1 amide bonds. The van der Waals surface area contributed by atoms with Crippen LogP contribution in [-0.2, 0) is 14.3 Å². The Labute approximate surface area is 154 Å². The van der Waals surface area contributed by atoms with Crippen LogP contribution in [0.4, 0.5) is 10.1 Å². The van der Waals surface area contributed by atoms with E-state index in [1.54, 1.807) is 36.4 Å². The van der Waals surface area contributed by atoms with Crippen LogP contribution in [0.2, 0.25) is 0 Å².